The van der Waals surface area contributed by atoms with Gasteiger partial charge in [0.05, 0.1) is 5.69 Å². The summed E-state index contributed by atoms with van der Waals surface area (Å²) in [5.41, 5.74) is 3.28. The minimum atomic E-state index is 0.956. The Bertz CT molecular complexity index is 542. The van der Waals surface area contributed by atoms with E-state index < -0.39 is 0 Å². The number of hydrogen-bond donors (Lipinski definition) is 1. The molecule has 0 saturated carbocycles. The third-order valence-electron chi connectivity index (χ3n) is 2.43. The highest BCUT2D eigenvalue weighted by atomic mass is 14.8. The van der Waals surface area contributed by atoms with Gasteiger partial charge in [0.25, 0.3) is 0 Å². The molecule has 0 aromatic heterocycles. The van der Waals surface area contributed by atoms with Gasteiger partial charge < -0.3 is 5.32 Å². The molecular weight excluding hydrogens is 220 g/mol. The third-order valence-corrected chi connectivity index (χ3v) is 2.43. The van der Waals surface area contributed by atoms with Gasteiger partial charge in [0.2, 0.25) is 0 Å². The second-order valence-electron chi connectivity index (χ2n) is 3.99. The zero-order valence-electron chi connectivity index (χ0n) is 10.4. The van der Waals surface area contributed by atoms with Crippen molar-refractivity contribution in [2.45, 2.75) is 6.92 Å². The lowest BCUT2D eigenvalue weighted by Gasteiger charge is -2.00. The zero-order valence-corrected chi connectivity index (χ0v) is 10.4. The van der Waals surface area contributed by atoms with Gasteiger partial charge in [-0.25, -0.2) is 0 Å². The summed E-state index contributed by atoms with van der Waals surface area (Å²) in [4.78, 5) is 4.30. The Morgan fingerprint density at radius 1 is 1.00 bits per heavy atom. The number of hydrogen-bond acceptors (Lipinski definition) is 2. The maximum Gasteiger partial charge on any atom is 0.0629 e. The van der Waals surface area contributed by atoms with Gasteiger partial charge >= 0.3 is 0 Å². The van der Waals surface area contributed by atoms with Crippen LogP contribution in [0.15, 0.2) is 71.9 Å². The fourth-order valence-electron chi connectivity index (χ4n) is 1.57. The summed E-state index contributed by atoms with van der Waals surface area (Å²) in [5.74, 6) is 0. The average molecular weight is 236 g/mol. The predicted molar refractivity (Wildman–Crippen MR) is 78.5 cm³/mol. The van der Waals surface area contributed by atoms with Gasteiger partial charge in [-0.2, -0.15) is 0 Å². The second kappa shape index (κ2) is 6.40. The first-order chi connectivity index (χ1) is 8.84. The highest BCUT2D eigenvalue weighted by molar-refractivity contribution is 5.75. The van der Waals surface area contributed by atoms with Crippen LogP contribution in [0.1, 0.15) is 5.56 Å². The first kappa shape index (κ1) is 12.1. The van der Waals surface area contributed by atoms with E-state index in [1.165, 1.54) is 5.56 Å². The van der Waals surface area contributed by atoms with Gasteiger partial charge in [-0.3, -0.25) is 4.99 Å². The van der Waals surface area contributed by atoms with Gasteiger partial charge in [0.1, 0.15) is 0 Å². The number of allylic oxidation sites excluding steroid dienone is 1. The topological polar surface area (TPSA) is 24.4 Å². The lowest BCUT2D eigenvalue weighted by Crippen LogP contribution is -1.87. The smallest absolute Gasteiger partial charge is 0.0629 e. The molecule has 0 unspecified atom stereocenters. The van der Waals surface area contributed by atoms with Crippen LogP contribution in [0, 0.1) is 6.92 Å². The van der Waals surface area contributed by atoms with E-state index in [1.807, 2.05) is 54.7 Å². The molecule has 90 valence electrons. The summed E-state index contributed by atoms with van der Waals surface area (Å²) < 4.78 is 0. The van der Waals surface area contributed by atoms with Crippen LogP contribution in [-0.4, -0.2) is 6.21 Å². The van der Waals surface area contributed by atoms with Crippen LogP contribution in [-0.2, 0) is 0 Å². The molecule has 0 aliphatic heterocycles. The predicted octanol–water partition coefficient (Wildman–Crippen LogP) is 4.32. The maximum absolute atomic E-state index is 4.30. The largest absolute Gasteiger partial charge is 0.362 e. The van der Waals surface area contributed by atoms with Crippen molar-refractivity contribution in [3.8, 4) is 0 Å². The molecule has 2 rings (SSSR count). The molecule has 2 nitrogen and oxygen atoms in total. The van der Waals surface area contributed by atoms with Crippen LogP contribution >= 0.6 is 0 Å². The molecule has 2 heteroatoms. The molecule has 0 bridgehead atoms. The monoisotopic (exact) mass is 236 g/mol. The molecule has 0 fully saturated rings. The summed E-state index contributed by atoms with van der Waals surface area (Å²) in [6, 6.07) is 18.1. The standard InChI is InChI=1S/C16H16N2/c1-14-7-5-10-16(13-14)18-12-6-11-17-15-8-3-2-4-9-15/h2-13,18H,1H3. The van der Waals surface area contributed by atoms with Crippen LogP contribution in [0.2, 0.25) is 0 Å². The average Bonchev–Trinajstić information content (AvgIpc) is 2.40. The van der Waals surface area contributed by atoms with Gasteiger partial charge in [0.15, 0.2) is 0 Å². The molecule has 0 spiro atoms. The molecule has 0 amide bonds. The normalized spacial score (nSPS) is 11.2. The van der Waals surface area contributed by atoms with E-state index >= 15 is 0 Å². The fourth-order valence-corrected chi connectivity index (χ4v) is 1.57. The SMILES string of the molecule is Cc1cccc(NC=CC=Nc2ccccc2)c1. The highest BCUT2D eigenvalue weighted by Crippen LogP contribution is 2.09. The molecule has 0 aliphatic carbocycles. The minimum Gasteiger partial charge on any atom is -0.362 e. The van der Waals surface area contributed by atoms with Crippen LogP contribution in [0.4, 0.5) is 11.4 Å². The van der Waals surface area contributed by atoms with E-state index in [0.29, 0.717) is 0 Å². The van der Waals surface area contributed by atoms with Crippen molar-refractivity contribution in [3.63, 3.8) is 0 Å². The Balaban J connectivity index is 1.87. The molecular formula is C16H16N2. The van der Waals surface area contributed by atoms with Crippen molar-refractivity contribution >= 4 is 17.6 Å². The number of para-hydroxylation sites is 1. The van der Waals surface area contributed by atoms with Crippen molar-refractivity contribution < 1.29 is 0 Å². The van der Waals surface area contributed by atoms with E-state index in [2.05, 4.69) is 29.4 Å². The Labute approximate surface area is 108 Å². The summed E-state index contributed by atoms with van der Waals surface area (Å²) in [7, 11) is 0. The van der Waals surface area contributed by atoms with Crippen LogP contribution in [0.25, 0.3) is 0 Å². The molecule has 2 aromatic rings. The molecule has 0 aliphatic rings. The Hall–Kier alpha value is -2.35. The van der Waals surface area contributed by atoms with E-state index in [4.69, 9.17) is 0 Å². The summed E-state index contributed by atoms with van der Waals surface area (Å²) in [6.07, 6.45) is 5.54. The molecule has 0 atom stereocenters. The molecule has 0 heterocycles. The number of benzene rings is 2. The minimum absolute atomic E-state index is 0.956. The number of rotatable bonds is 4. The molecule has 2 aromatic carbocycles. The molecule has 18 heavy (non-hydrogen) atoms. The first-order valence-electron chi connectivity index (χ1n) is 5.92. The van der Waals surface area contributed by atoms with E-state index in [9.17, 15) is 0 Å². The maximum atomic E-state index is 4.30. The Kier molecular flexibility index (Phi) is 4.31. The summed E-state index contributed by atoms with van der Waals surface area (Å²) in [5, 5.41) is 3.20. The van der Waals surface area contributed by atoms with Crippen molar-refractivity contribution in [1.29, 1.82) is 0 Å². The number of aryl methyl sites for hydroxylation is 1. The summed E-state index contributed by atoms with van der Waals surface area (Å²) >= 11 is 0. The Morgan fingerprint density at radius 2 is 1.83 bits per heavy atom. The fraction of sp³-hybridized carbons (Fsp3) is 0.0625. The number of nitrogens with zero attached hydrogens (tertiary/aromatic N) is 1. The first-order valence-corrected chi connectivity index (χ1v) is 5.92. The summed E-state index contributed by atoms with van der Waals surface area (Å²) in [6.45, 7) is 2.08. The Morgan fingerprint density at radius 3 is 2.61 bits per heavy atom. The quantitative estimate of drug-likeness (QED) is 0.785. The van der Waals surface area contributed by atoms with Crippen molar-refractivity contribution in [2.24, 2.45) is 4.99 Å². The molecule has 0 radical (unpaired) electrons. The van der Waals surface area contributed by atoms with E-state index in [0.717, 1.165) is 11.4 Å². The van der Waals surface area contributed by atoms with Gasteiger partial charge in [-0.15, -0.1) is 0 Å². The second-order valence-corrected chi connectivity index (χ2v) is 3.99. The number of nitrogens with one attached hydrogen (secondary N) is 1. The highest BCUT2D eigenvalue weighted by Gasteiger charge is 1.87. The van der Waals surface area contributed by atoms with E-state index in [-0.39, 0.29) is 0 Å². The lowest BCUT2D eigenvalue weighted by molar-refractivity contribution is 1.45. The third kappa shape index (κ3) is 3.91. The number of aliphatic imine (C=N–C) groups is 1. The van der Waals surface area contributed by atoms with Crippen molar-refractivity contribution in [2.75, 3.05) is 5.32 Å². The molecule has 0 saturated heterocycles. The van der Waals surface area contributed by atoms with Crippen LogP contribution < -0.4 is 5.32 Å². The van der Waals surface area contributed by atoms with Gasteiger partial charge in [0, 0.05) is 18.1 Å². The van der Waals surface area contributed by atoms with Crippen LogP contribution in [0.5, 0.6) is 0 Å². The van der Waals surface area contributed by atoms with Gasteiger partial charge in [-0.05, 0) is 42.8 Å². The zero-order chi connectivity index (χ0) is 12.6. The van der Waals surface area contributed by atoms with Crippen LogP contribution in [0.3, 0.4) is 0 Å². The molecule has 1 N–H and O–H groups in total. The van der Waals surface area contributed by atoms with E-state index in [1.54, 1.807) is 6.21 Å². The van der Waals surface area contributed by atoms with Crippen molar-refractivity contribution in [3.05, 3.63) is 72.4 Å². The lowest BCUT2D eigenvalue weighted by atomic mass is 10.2. The van der Waals surface area contributed by atoms with Gasteiger partial charge in [-0.1, -0.05) is 30.3 Å². The van der Waals surface area contributed by atoms with Crippen molar-refractivity contribution in [1.82, 2.24) is 0 Å². The number of anilines is 1.